The van der Waals surface area contributed by atoms with Gasteiger partial charge in [-0.1, -0.05) is 19.3 Å². The predicted octanol–water partition coefficient (Wildman–Crippen LogP) is 0.423. The maximum absolute atomic E-state index is 11.9. The van der Waals surface area contributed by atoms with Crippen LogP contribution in [0, 0.1) is 0 Å². The number of hydrogen-bond acceptors (Lipinski definition) is 4. The van der Waals surface area contributed by atoms with Gasteiger partial charge in [-0.25, -0.2) is 4.79 Å². The summed E-state index contributed by atoms with van der Waals surface area (Å²) in [5.74, 6) is -0.500. The van der Waals surface area contributed by atoms with E-state index in [1.807, 2.05) is 0 Å². The van der Waals surface area contributed by atoms with Crippen molar-refractivity contribution in [1.82, 2.24) is 10.2 Å². The van der Waals surface area contributed by atoms with Crippen molar-refractivity contribution in [2.24, 2.45) is 0 Å². The van der Waals surface area contributed by atoms with Crippen LogP contribution in [0.5, 0.6) is 0 Å². The highest BCUT2D eigenvalue weighted by Crippen LogP contribution is 2.28. The first kappa shape index (κ1) is 14.2. The Morgan fingerprint density at radius 1 is 1.32 bits per heavy atom. The van der Waals surface area contributed by atoms with Crippen LogP contribution in [0.15, 0.2) is 0 Å². The minimum atomic E-state index is -1.13. The first-order valence-corrected chi connectivity index (χ1v) is 7.59. The number of carbonyl (C=O) groups is 3. The van der Waals surface area contributed by atoms with Crippen LogP contribution in [0.4, 0.5) is 0 Å². The van der Waals surface area contributed by atoms with Gasteiger partial charge in [-0.3, -0.25) is 9.59 Å². The van der Waals surface area contributed by atoms with Crippen molar-refractivity contribution in [3.63, 3.8) is 0 Å². The quantitative estimate of drug-likeness (QED) is 0.782. The van der Waals surface area contributed by atoms with Gasteiger partial charge in [0.15, 0.2) is 0 Å². The smallest absolute Gasteiger partial charge is 0.329 e. The number of nitrogens with zero attached hydrogens (tertiary/aromatic N) is 1. The molecule has 0 atom stereocenters. The van der Waals surface area contributed by atoms with Crippen molar-refractivity contribution in [2.45, 2.75) is 37.6 Å². The molecule has 2 rings (SSSR count). The zero-order valence-electron chi connectivity index (χ0n) is 10.7. The number of carboxylic acid groups (broad SMARTS) is 1. The van der Waals surface area contributed by atoms with Crippen LogP contribution in [0.1, 0.15) is 32.1 Å². The molecular formula is C12H18N2O4S. The van der Waals surface area contributed by atoms with E-state index < -0.39 is 11.5 Å². The molecule has 1 aliphatic carbocycles. The van der Waals surface area contributed by atoms with Gasteiger partial charge in [-0.2, -0.15) is 0 Å². The van der Waals surface area contributed by atoms with Crippen molar-refractivity contribution in [2.75, 3.05) is 18.2 Å². The summed E-state index contributed by atoms with van der Waals surface area (Å²) < 4.78 is 0. The van der Waals surface area contributed by atoms with E-state index in [1.54, 1.807) is 0 Å². The maximum Gasteiger partial charge on any atom is 0.329 e. The number of carboxylic acids is 1. The molecule has 1 heterocycles. The molecule has 1 saturated carbocycles. The molecule has 6 nitrogen and oxygen atoms in total. The molecule has 1 saturated heterocycles. The van der Waals surface area contributed by atoms with Gasteiger partial charge in [0, 0.05) is 0 Å². The van der Waals surface area contributed by atoms with E-state index in [0.717, 1.165) is 19.3 Å². The van der Waals surface area contributed by atoms with Crippen LogP contribution >= 0.6 is 11.8 Å². The molecule has 7 heteroatoms. The minimum absolute atomic E-state index is 0.0408. The molecule has 0 aromatic rings. The Morgan fingerprint density at radius 3 is 2.53 bits per heavy atom. The number of hydrogen-bond donors (Lipinski definition) is 2. The molecule has 2 N–H and O–H groups in total. The molecule has 1 aliphatic heterocycles. The van der Waals surface area contributed by atoms with E-state index in [2.05, 4.69) is 5.32 Å². The summed E-state index contributed by atoms with van der Waals surface area (Å²) in [4.78, 5) is 36.2. The number of nitrogens with one attached hydrogen (secondary N) is 1. The van der Waals surface area contributed by atoms with Crippen molar-refractivity contribution >= 4 is 29.5 Å². The number of rotatable bonds is 4. The molecule has 2 amide bonds. The van der Waals surface area contributed by atoms with E-state index in [9.17, 15) is 19.5 Å². The van der Waals surface area contributed by atoms with Crippen molar-refractivity contribution in [1.29, 1.82) is 0 Å². The fourth-order valence-electron chi connectivity index (χ4n) is 2.57. The third-order valence-electron chi connectivity index (χ3n) is 3.66. The third-order valence-corrected chi connectivity index (χ3v) is 4.60. The molecule has 0 unspecified atom stereocenters. The highest BCUT2D eigenvalue weighted by atomic mass is 32.2. The highest BCUT2D eigenvalue weighted by molar-refractivity contribution is 8.00. The Morgan fingerprint density at radius 2 is 2.00 bits per heavy atom. The largest absolute Gasteiger partial charge is 0.480 e. The maximum atomic E-state index is 11.9. The number of carbonyl (C=O) groups excluding carboxylic acids is 2. The summed E-state index contributed by atoms with van der Waals surface area (Å²) in [6.07, 6.45) is 3.57. The zero-order valence-corrected chi connectivity index (χ0v) is 11.5. The second-order valence-corrected chi connectivity index (χ2v) is 6.02. The standard InChI is InChI=1S/C12H18N2O4S/c15-9(6-14-8-19-7-10(14)16)13-12(11(17)18)4-2-1-3-5-12/h1-8H2,(H,13,15)(H,17,18). The van der Waals surface area contributed by atoms with Crippen LogP contribution in [0.25, 0.3) is 0 Å². The number of aliphatic carboxylic acids is 1. The molecule has 0 bridgehead atoms. The van der Waals surface area contributed by atoms with Crippen LogP contribution in [-0.2, 0) is 14.4 Å². The molecule has 0 aromatic heterocycles. The van der Waals surface area contributed by atoms with Crippen molar-refractivity contribution in [3.8, 4) is 0 Å². The van der Waals surface area contributed by atoms with E-state index in [-0.39, 0.29) is 18.4 Å². The molecule has 0 aromatic carbocycles. The molecule has 0 radical (unpaired) electrons. The second kappa shape index (κ2) is 5.81. The van der Waals surface area contributed by atoms with Gasteiger partial charge in [-0.15, -0.1) is 11.8 Å². The summed E-state index contributed by atoms with van der Waals surface area (Å²) in [5, 5.41) is 12.0. The predicted molar refractivity (Wildman–Crippen MR) is 70.6 cm³/mol. The van der Waals surface area contributed by atoms with Crippen LogP contribution < -0.4 is 5.32 Å². The molecular weight excluding hydrogens is 268 g/mol. The number of thioether (sulfide) groups is 1. The van der Waals surface area contributed by atoms with E-state index >= 15 is 0 Å². The van der Waals surface area contributed by atoms with E-state index in [0.29, 0.717) is 24.5 Å². The zero-order chi connectivity index (χ0) is 13.9. The van der Waals surface area contributed by atoms with Gasteiger partial charge in [-0.05, 0) is 12.8 Å². The Kier molecular flexibility index (Phi) is 4.34. The minimum Gasteiger partial charge on any atom is -0.480 e. The topological polar surface area (TPSA) is 86.7 Å². The molecule has 2 fully saturated rings. The summed E-state index contributed by atoms with van der Waals surface area (Å²) >= 11 is 1.46. The number of amides is 2. The van der Waals surface area contributed by atoms with Crippen LogP contribution in [-0.4, -0.2) is 51.5 Å². The molecule has 2 aliphatic rings. The van der Waals surface area contributed by atoms with Gasteiger partial charge in [0.25, 0.3) is 0 Å². The van der Waals surface area contributed by atoms with Gasteiger partial charge >= 0.3 is 5.97 Å². The summed E-state index contributed by atoms with van der Waals surface area (Å²) in [6, 6.07) is 0. The van der Waals surface area contributed by atoms with Crippen LogP contribution in [0.2, 0.25) is 0 Å². The lowest BCUT2D eigenvalue weighted by Gasteiger charge is -2.34. The summed E-state index contributed by atoms with van der Waals surface area (Å²) in [7, 11) is 0. The van der Waals surface area contributed by atoms with Gasteiger partial charge in [0.2, 0.25) is 11.8 Å². The average molecular weight is 286 g/mol. The van der Waals surface area contributed by atoms with E-state index in [4.69, 9.17) is 0 Å². The molecule has 19 heavy (non-hydrogen) atoms. The SMILES string of the molecule is O=C(CN1CSCC1=O)NC1(C(=O)O)CCCCC1. The van der Waals surface area contributed by atoms with Crippen molar-refractivity contribution in [3.05, 3.63) is 0 Å². The monoisotopic (exact) mass is 286 g/mol. The van der Waals surface area contributed by atoms with Crippen molar-refractivity contribution < 1.29 is 19.5 Å². The summed E-state index contributed by atoms with van der Waals surface area (Å²) in [5.41, 5.74) is -1.13. The lowest BCUT2D eigenvalue weighted by atomic mass is 9.81. The second-order valence-electron chi connectivity index (χ2n) is 5.07. The normalized spacial score (nSPS) is 22.3. The van der Waals surface area contributed by atoms with E-state index in [1.165, 1.54) is 16.7 Å². The summed E-state index contributed by atoms with van der Waals surface area (Å²) in [6.45, 7) is -0.0408. The van der Waals surface area contributed by atoms with Gasteiger partial charge in [0.1, 0.15) is 12.1 Å². The lowest BCUT2D eigenvalue weighted by molar-refractivity contribution is -0.149. The first-order chi connectivity index (χ1) is 9.03. The highest BCUT2D eigenvalue weighted by Gasteiger charge is 2.41. The Hall–Kier alpha value is -1.24. The average Bonchev–Trinajstić information content (AvgIpc) is 2.76. The lowest BCUT2D eigenvalue weighted by Crippen LogP contribution is -2.57. The molecule has 106 valence electrons. The first-order valence-electron chi connectivity index (χ1n) is 6.43. The Labute approximate surface area is 115 Å². The third kappa shape index (κ3) is 3.20. The Balaban J connectivity index is 1.95. The van der Waals surface area contributed by atoms with Crippen LogP contribution in [0.3, 0.4) is 0 Å². The molecule has 0 spiro atoms. The van der Waals surface area contributed by atoms with Gasteiger partial charge in [0.05, 0.1) is 11.6 Å². The fourth-order valence-corrected chi connectivity index (χ4v) is 3.47. The van der Waals surface area contributed by atoms with Gasteiger partial charge < -0.3 is 15.3 Å². The Bertz CT molecular complexity index is 393. The fraction of sp³-hybridized carbons (Fsp3) is 0.750.